The highest BCUT2D eigenvalue weighted by atomic mass is 32.2. The Balaban J connectivity index is 1.51. The van der Waals surface area contributed by atoms with E-state index in [4.69, 9.17) is 0 Å². The number of piperidine rings is 1. The van der Waals surface area contributed by atoms with Gasteiger partial charge in [0.25, 0.3) is 0 Å². The van der Waals surface area contributed by atoms with E-state index in [0.29, 0.717) is 42.7 Å². The minimum absolute atomic E-state index is 0.0912. The lowest BCUT2D eigenvalue weighted by Crippen LogP contribution is -2.47. The monoisotopic (exact) mass is 446 g/mol. The van der Waals surface area contributed by atoms with E-state index in [1.54, 1.807) is 0 Å². The number of rotatable bonds is 6. The van der Waals surface area contributed by atoms with Crippen molar-refractivity contribution in [3.05, 3.63) is 34.9 Å². The Labute approximate surface area is 176 Å². The van der Waals surface area contributed by atoms with Crippen molar-refractivity contribution in [2.45, 2.75) is 51.1 Å². The fraction of sp³-hybridized carbons (Fsp3) is 0.650. The molecule has 30 heavy (non-hydrogen) atoms. The van der Waals surface area contributed by atoms with Gasteiger partial charge in [0.05, 0.1) is 6.54 Å². The van der Waals surface area contributed by atoms with Gasteiger partial charge in [-0.1, -0.05) is 18.2 Å². The van der Waals surface area contributed by atoms with E-state index < -0.39 is 15.5 Å². The van der Waals surface area contributed by atoms with Crippen molar-refractivity contribution in [2.75, 3.05) is 26.2 Å². The molecule has 1 aliphatic carbocycles. The number of sulfonamides is 1. The van der Waals surface area contributed by atoms with Gasteiger partial charge in [-0.3, -0.25) is 0 Å². The second-order valence-corrected chi connectivity index (χ2v) is 9.76. The van der Waals surface area contributed by atoms with Crippen molar-refractivity contribution in [3.8, 4) is 0 Å². The normalized spacial score (nSPS) is 19.0. The second kappa shape index (κ2) is 9.55. The summed E-state index contributed by atoms with van der Waals surface area (Å²) in [5.74, 6) is 0.747. The molecule has 0 bridgehead atoms. The minimum Gasteiger partial charge on any atom is -0.357 e. The topological polar surface area (TPSA) is 73.8 Å². The third kappa shape index (κ3) is 5.46. The minimum atomic E-state index is -5.24. The molecule has 0 atom stereocenters. The number of guanidine groups is 1. The van der Waals surface area contributed by atoms with Crippen LogP contribution in [0.25, 0.3) is 0 Å². The predicted octanol–water partition coefficient (Wildman–Crippen LogP) is 2.79. The first kappa shape index (κ1) is 22.9. The van der Waals surface area contributed by atoms with Crippen molar-refractivity contribution < 1.29 is 21.6 Å². The zero-order valence-electron chi connectivity index (χ0n) is 17.1. The van der Waals surface area contributed by atoms with E-state index in [2.05, 4.69) is 33.8 Å². The van der Waals surface area contributed by atoms with Crippen LogP contribution < -0.4 is 10.6 Å². The molecule has 0 saturated carbocycles. The largest absolute Gasteiger partial charge is 0.511 e. The summed E-state index contributed by atoms with van der Waals surface area (Å²) < 4.78 is 61.6. The van der Waals surface area contributed by atoms with Gasteiger partial charge in [-0.15, -0.1) is 0 Å². The van der Waals surface area contributed by atoms with Gasteiger partial charge in [0.2, 0.25) is 0 Å². The van der Waals surface area contributed by atoms with Crippen molar-refractivity contribution in [3.63, 3.8) is 0 Å². The molecule has 0 radical (unpaired) electrons. The molecule has 1 aromatic carbocycles. The standard InChI is InChI=1S/C20H29F3N4O2S/c1-2-24-19(26-14-16-6-7-17-4-3-5-18(17)12-16)25-13-15-8-10-27(11-9-15)30(28,29)20(21,22)23/h6-7,12,15H,2-5,8-11,13-14H2,1H3,(H2,24,25,26). The quantitative estimate of drug-likeness (QED) is 0.521. The lowest BCUT2D eigenvalue weighted by molar-refractivity contribution is -0.0496. The number of benzene rings is 1. The molecular weight excluding hydrogens is 417 g/mol. The summed E-state index contributed by atoms with van der Waals surface area (Å²) in [6.45, 7) is 3.51. The molecule has 0 spiro atoms. The van der Waals surface area contributed by atoms with Gasteiger partial charge in [-0.05, 0) is 61.6 Å². The van der Waals surface area contributed by atoms with Gasteiger partial charge in [0.1, 0.15) is 0 Å². The Morgan fingerprint density at radius 2 is 1.87 bits per heavy atom. The molecule has 6 nitrogen and oxygen atoms in total. The van der Waals surface area contributed by atoms with Crippen LogP contribution >= 0.6 is 0 Å². The maximum absolute atomic E-state index is 12.7. The Morgan fingerprint density at radius 3 is 2.53 bits per heavy atom. The molecule has 2 N–H and O–H groups in total. The summed E-state index contributed by atoms with van der Waals surface area (Å²) in [7, 11) is -5.23. The van der Waals surface area contributed by atoms with Crippen LogP contribution in [0.2, 0.25) is 0 Å². The van der Waals surface area contributed by atoms with Crippen LogP contribution in [-0.2, 0) is 29.4 Å². The summed E-state index contributed by atoms with van der Waals surface area (Å²) in [5, 5.41) is 6.43. The van der Waals surface area contributed by atoms with Crippen molar-refractivity contribution in [1.82, 2.24) is 14.9 Å². The summed E-state index contributed by atoms with van der Waals surface area (Å²) in [6.07, 6.45) is 4.23. The Kier molecular flexibility index (Phi) is 7.28. The highest BCUT2D eigenvalue weighted by molar-refractivity contribution is 7.90. The SMILES string of the molecule is CCNC(=NCc1ccc2c(c1)CCC2)NCC1CCN(S(=O)(=O)C(F)(F)F)CC1. The molecule has 1 saturated heterocycles. The van der Waals surface area contributed by atoms with Crippen molar-refractivity contribution in [1.29, 1.82) is 0 Å². The Hall–Kier alpha value is -1.81. The Bertz CT molecular complexity index is 863. The number of aliphatic imine (C=N–C) groups is 1. The van der Waals surface area contributed by atoms with Gasteiger partial charge in [0.15, 0.2) is 5.96 Å². The predicted molar refractivity (Wildman–Crippen MR) is 111 cm³/mol. The first-order valence-corrected chi connectivity index (χ1v) is 11.8. The number of hydrogen-bond donors (Lipinski definition) is 2. The summed E-state index contributed by atoms with van der Waals surface area (Å²) in [6, 6.07) is 6.50. The molecule has 0 aromatic heterocycles. The van der Waals surface area contributed by atoms with E-state index in [9.17, 15) is 21.6 Å². The smallest absolute Gasteiger partial charge is 0.357 e. The number of alkyl halides is 3. The number of fused-ring (bicyclic) bond motifs is 1. The van der Waals surface area contributed by atoms with E-state index in [0.717, 1.165) is 18.4 Å². The van der Waals surface area contributed by atoms with Crippen molar-refractivity contribution >= 4 is 16.0 Å². The lowest BCUT2D eigenvalue weighted by atomic mass is 9.98. The number of hydrogen-bond acceptors (Lipinski definition) is 3. The van der Waals surface area contributed by atoms with Gasteiger partial charge in [-0.2, -0.15) is 17.5 Å². The Morgan fingerprint density at radius 1 is 1.17 bits per heavy atom. The van der Waals surface area contributed by atoms with Crippen LogP contribution in [0, 0.1) is 5.92 Å². The summed E-state index contributed by atoms with van der Waals surface area (Å²) in [4.78, 5) is 4.62. The molecule has 3 rings (SSSR count). The molecule has 10 heteroatoms. The molecule has 0 amide bonds. The molecule has 0 unspecified atom stereocenters. The van der Waals surface area contributed by atoms with Gasteiger partial charge < -0.3 is 10.6 Å². The number of aryl methyl sites for hydroxylation is 2. The third-order valence-corrected chi connectivity index (χ3v) is 7.32. The first-order chi connectivity index (χ1) is 14.2. The van der Waals surface area contributed by atoms with Crippen LogP contribution in [0.4, 0.5) is 13.2 Å². The van der Waals surface area contributed by atoms with Gasteiger partial charge in [0, 0.05) is 26.2 Å². The lowest BCUT2D eigenvalue weighted by Gasteiger charge is -2.31. The number of nitrogens with one attached hydrogen (secondary N) is 2. The van der Waals surface area contributed by atoms with E-state index in [-0.39, 0.29) is 19.0 Å². The maximum atomic E-state index is 12.7. The highest BCUT2D eigenvalue weighted by Crippen LogP contribution is 2.30. The number of halogens is 3. The van der Waals surface area contributed by atoms with Crippen LogP contribution in [0.15, 0.2) is 23.2 Å². The van der Waals surface area contributed by atoms with E-state index in [1.165, 1.54) is 17.5 Å². The fourth-order valence-corrected chi connectivity index (χ4v) is 4.96. The number of nitrogens with zero attached hydrogens (tertiary/aromatic N) is 2. The molecule has 1 fully saturated rings. The average Bonchev–Trinajstić information content (AvgIpc) is 3.17. The average molecular weight is 447 g/mol. The molecule has 168 valence electrons. The molecular formula is C20H29F3N4O2S. The maximum Gasteiger partial charge on any atom is 0.511 e. The molecule has 1 heterocycles. The molecule has 1 aliphatic heterocycles. The highest BCUT2D eigenvalue weighted by Gasteiger charge is 2.50. The van der Waals surface area contributed by atoms with Crippen LogP contribution in [0.3, 0.4) is 0 Å². The van der Waals surface area contributed by atoms with Gasteiger partial charge >= 0.3 is 15.5 Å². The van der Waals surface area contributed by atoms with E-state index in [1.807, 2.05) is 6.92 Å². The zero-order chi connectivity index (χ0) is 21.8. The second-order valence-electron chi connectivity index (χ2n) is 7.83. The van der Waals surface area contributed by atoms with Crippen LogP contribution in [-0.4, -0.2) is 50.4 Å². The zero-order valence-corrected chi connectivity index (χ0v) is 18.0. The summed E-state index contributed by atoms with van der Waals surface area (Å²) in [5.41, 5.74) is -1.26. The first-order valence-electron chi connectivity index (χ1n) is 10.4. The fourth-order valence-electron chi connectivity index (χ4n) is 3.98. The molecule has 2 aliphatic rings. The summed E-state index contributed by atoms with van der Waals surface area (Å²) >= 11 is 0. The third-order valence-electron chi connectivity index (χ3n) is 5.69. The van der Waals surface area contributed by atoms with E-state index >= 15 is 0 Å². The van der Waals surface area contributed by atoms with Crippen LogP contribution in [0.1, 0.15) is 42.9 Å². The van der Waals surface area contributed by atoms with Gasteiger partial charge in [-0.25, -0.2) is 13.4 Å². The van der Waals surface area contributed by atoms with Crippen molar-refractivity contribution in [2.24, 2.45) is 10.9 Å². The molecule has 1 aromatic rings. The van der Waals surface area contributed by atoms with Crippen LogP contribution in [0.5, 0.6) is 0 Å².